The fourth-order valence-corrected chi connectivity index (χ4v) is 5.93. The van der Waals surface area contributed by atoms with Crippen molar-refractivity contribution in [1.29, 1.82) is 0 Å². The van der Waals surface area contributed by atoms with Gasteiger partial charge in [0.1, 0.15) is 0 Å². The normalized spacial score (nSPS) is 12.5. The summed E-state index contributed by atoms with van der Waals surface area (Å²) < 4.78 is 37.3. The van der Waals surface area contributed by atoms with Gasteiger partial charge >= 0.3 is 51.4 Å². The Balaban J connectivity index is 0. The van der Waals surface area contributed by atoms with Crippen LogP contribution in [0.4, 0.5) is 0 Å². The molecule has 0 radical (unpaired) electrons. The minimum absolute atomic E-state index is 0. The minimum Gasteiger partial charge on any atom is -0.726 e. The van der Waals surface area contributed by atoms with Gasteiger partial charge in [0.2, 0.25) is 10.4 Å². The number of hydrogen-bond acceptors (Lipinski definition) is 4. The van der Waals surface area contributed by atoms with Gasteiger partial charge in [-0.25, -0.2) is 8.42 Å². The molecule has 0 aromatic heterocycles. The second kappa shape index (κ2) is 34.0. The van der Waals surface area contributed by atoms with Gasteiger partial charge in [-0.15, -0.1) is 0 Å². The van der Waals surface area contributed by atoms with Crippen LogP contribution in [-0.2, 0) is 14.6 Å². The molecule has 0 spiro atoms. The molecule has 0 aliphatic heterocycles. The first-order chi connectivity index (χ1) is 18.5. The van der Waals surface area contributed by atoms with Crippen molar-refractivity contribution in [2.24, 2.45) is 5.92 Å². The Bertz CT molecular complexity index is 556. The molecule has 6 heteroatoms. The van der Waals surface area contributed by atoms with E-state index in [0.717, 1.165) is 25.7 Å². The Morgan fingerprint density at radius 3 is 0.923 bits per heavy atom. The largest absolute Gasteiger partial charge is 1.00 e. The second-order valence-corrected chi connectivity index (χ2v) is 13.0. The third-order valence-corrected chi connectivity index (χ3v) is 8.55. The fraction of sp³-hybridized carbons (Fsp3) is 1.00. The number of rotatable bonds is 32. The van der Waals surface area contributed by atoms with Crippen LogP contribution in [0.25, 0.3) is 0 Å². The Kier molecular flexibility index (Phi) is 37.2. The molecule has 0 saturated heterocycles. The SMILES string of the molecule is CCCCCCCCCCCCCCCCCCCCCCC(CCCCCCCCC)COS(=O)(=O)[O-].[K+]. The van der Waals surface area contributed by atoms with Crippen LogP contribution in [0.5, 0.6) is 0 Å². The standard InChI is InChI=1S/C33H68O4S.K/c1-3-5-7-9-11-12-13-14-15-16-17-18-19-20-21-22-23-25-27-29-31-33(32-37-38(34,35)36)30-28-26-24-10-8-6-4-2;/h33H,3-32H2,1-2H3,(H,34,35,36);/q;+1/p-1. The molecule has 0 aromatic carbocycles. The third-order valence-electron chi connectivity index (χ3n) is 8.13. The van der Waals surface area contributed by atoms with E-state index in [1.807, 2.05) is 0 Å². The number of unbranched alkanes of at least 4 members (excludes halogenated alkanes) is 25. The summed E-state index contributed by atoms with van der Waals surface area (Å²) in [6.45, 7) is 4.59. The van der Waals surface area contributed by atoms with E-state index < -0.39 is 10.4 Å². The predicted octanol–water partition coefficient (Wildman–Crippen LogP) is 8.44. The van der Waals surface area contributed by atoms with Crippen LogP contribution >= 0.6 is 0 Å². The third kappa shape index (κ3) is 37.5. The average Bonchev–Trinajstić information content (AvgIpc) is 2.89. The first-order valence-corrected chi connectivity index (χ1v) is 18.4. The van der Waals surface area contributed by atoms with Crippen molar-refractivity contribution in [3.05, 3.63) is 0 Å². The van der Waals surface area contributed by atoms with Gasteiger partial charge in [-0.3, -0.25) is 4.18 Å². The first kappa shape index (κ1) is 42.6. The second-order valence-electron chi connectivity index (χ2n) is 12.0. The Hall–Kier alpha value is 1.51. The van der Waals surface area contributed by atoms with Crippen LogP contribution in [0.15, 0.2) is 0 Å². The molecule has 1 atom stereocenters. The molecule has 230 valence electrons. The van der Waals surface area contributed by atoms with Crippen LogP contribution in [0, 0.1) is 5.92 Å². The predicted molar refractivity (Wildman–Crippen MR) is 164 cm³/mol. The molecule has 0 bridgehead atoms. The van der Waals surface area contributed by atoms with Gasteiger partial charge in [0, 0.05) is 0 Å². The van der Waals surface area contributed by atoms with Crippen molar-refractivity contribution in [3.8, 4) is 0 Å². The maximum atomic E-state index is 10.9. The summed E-state index contributed by atoms with van der Waals surface area (Å²) in [5.74, 6) is 0.199. The van der Waals surface area contributed by atoms with Gasteiger partial charge in [-0.05, 0) is 18.8 Å². The summed E-state index contributed by atoms with van der Waals surface area (Å²) in [6, 6.07) is 0. The average molecular weight is 599 g/mol. The Morgan fingerprint density at radius 1 is 0.462 bits per heavy atom. The van der Waals surface area contributed by atoms with Gasteiger partial charge in [0.05, 0.1) is 6.61 Å². The smallest absolute Gasteiger partial charge is 0.726 e. The summed E-state index contributed by atoms with van der Waals surface area (Å²) >= 11 is 0. The van der Waals surface area contributed by atoms with E-state index in [9.17, 15) is 13.0 Å². The van der Waals surface area contributed by atoms with Crippen molar-refractivity contribution < 1.29 is 68.5 Å². The van der Waals surface area contributed by atoms with Crippen molar-refractivity contribution in [2.75, 3.05) is 6.61 Å². The zero-order chi connectivity index (χ0) is 28.0. The zero-order valence-corrected chi connectivity index (χ0v) is 30.8. The summed E-state index contributed by atoms with van der Waals surface area (Å²) in [7, 11) is -4.58. The van der Waals surface area contributed by atoms with E-state index in [2.05, 4.69) is 18.0 Å². The van der Waals surface area contributed by atoms with E-state index in [4.69, 9.17) is 0 Å². The molecule has 0 heterocycles. The van der Waals surface area contributed by atoms with E-state index in [1.165, 1.54) is 161 Å². The molecule has 0 fully saturated rings. The van der Waals surface area contributed by atoms with Crippen LogP contribution < -0.4 is 51.4 Å². The molecular formula is C33H67KO4S. The maximum Gasteiger partial charge on any atom is 1.00 e. The topological polar surface area (TPSA) is 66.4 Å². The van der Waals surface area contributed by atoms with Crippen molar-refractivity contribution >= 4 is 10.4 Å². The van der Waals surface area contributed by atoms with E-state index >= 15 is 0 Å². The van der Waals surface area contributed by atoms with E-state index in [1.54, 1.807) is 0 Å². The van der Waals surface area contributed by atoms with Gasteiger partial charge in [0.15, 0.2) is 0 Å². The van der Waals surface area contributed by atoms with Crippen LogP contribution in [0.1, 0.15) is 200 Å². The van der Waals surface area contributed by atoms with Gasteiger partial charge < -0.3 is 4.55 Å². The molecule has 0 amide bonds. The minimum atomic E-state index is -4.58. The van der Waals surface area contributed by atoms with Gasteiger partial charge in [-0.2, -0.15) is 0 Å². The van der Waals surface area contributed by atoms with Crippen LogP contribution in [0.2, 0.25) is 0 Å². The molecule has 4 nitrogen and oxygen atoms in total. The van der Waals surface area contributed by atoms with E-state index in [-0.39, 0.29) is 63.9 Å². The van der Waals surface area contributed by atoms with Crippen LogP contribution in [0.3, 0.4) is 0 Å². The van der Waals surface area contributed by atoms with Crippen LogP contribution in [-0.4, -0.2) is 19.6 Å². The molecule has 0 saturated carbocycles. The molecule has 0 aromatic rings. The monoisotopic (exact) mass is 598 g/mol. The van der Waals surface area contributed by atoms with E-state index in [0.29, 0.717) is 0 Å². The quantitative estimate of drug-likeness (QED) is 0.0337. The maximum absolute atomic E-state index is 10.9. The van der Waals surface area contributed by atoms with Crippen molar-refractivity contribution in [1.82, 2.24) is 0 Å². The summed E-state index contributed by atoms with van der Waals surface area (Å²) in [6.07, 6.45) is 38.3. The van der Waals surface area contributed by atoms with Crippen molar-refractivity contribution in [2.45, 2.75) is 200 Å². The fourth-order valence-electron chi connectivity index (χ4n) is 5.57. The number of hydrogen-bond donors (Lipinski definition) is 0. The zero-order valence-electron chi connectivity index (χ0n) is 26.8. The summed E-state index contributed by atoms with van der Waals surface area (Å²) in [5, 5.41) is 0. The molecular weight excluding hydrogens is 532 g/mol. The molecule has 0 aliphatic rings. The van der Waals surface area contributed by atoms with Gasteiger partial charge in [0.25, 0.3) is 0 Å². The molecule has 1 unspecified atom stereocenters. The molecule has 0 N–H and O–H groups in total. The molecule has 39 heavy (non-hydrogen) atoms. The first-order valence-electron chi connectivity index (χ1n) is 17.1. The van der Waals surface area contributed by atoms with Crippen molar-refractivity contribution in [3.63, 3.8) is 0 Å². The molecule has 0 rings (SSSR count). The summed E-state index contributed by atoms with van der Waals surface area (Å²) in [4.78, 5) is 0. The molecule has 0 aliphatic carbocycles. The Labute approximate surface area is 288 Å². The summed E-state index contributed by atoms with van der Waals surface area (Å²) in [5.41, 5.74) is 0. The Morgan fingerprint density at radius 2 is 0.692 bits per heavy atom. The van der Waals surface area contributed by atoms with Gasteiger partial charge in [-0.1, -0.05) is 187 Å².